The van der Waals surface area contributed by atoms with Crippen LogP contribution in [-0.4, -0.2) is 29.0 Å². The number of sulfonamides is 2. The molecule has 1 aromatic carbocycles. The lowest BCUT2D eigenvalue weighted by Crippen LogP contribution is -2.22. The van der Waals surface area contributed by atoms with Gasteiger partial charge in [-0.15, -0.1) is 11.3 Å². The summed E-state index contributed by atoms with van der Waals surface area (Å²) in [5.41, 5.74) is 0.546. The van der Waals surface area contributed by atoms with Crippen LogP contribution in [0.15, 0.2) is 40.6 Å². The van der Waals surface area contributed by atoms with E-state index in [1.54, 1.807) is 12.1 Å². The van der Waals surface area contributed by atoms with Crippen LogP contribution in [0.4, 0.5) is 5.69 Å². The molecule has 0 aliphatic carbocycles. The summed E-state index contributed by atoms with van der Waals surface area (Å²) < 4.78 is 47.1. The van der Waals surface area contributed by atoms with Crippen molar-refractivity contribution in [1.82, 2.24) is 5.32 Å². The minimum absolute atomic E-state index is 0.0195. The maximum atomic E-state index is 12.1. The average Bonchev–Trinajstić information content (AvgIpc) is 2.92. The lowest BCUT2D eigenvalue weighted by atomic mass is 10.2. The number of carbonyl (C=O) groups excluding carboxylic acids is 1. The molecule has 1 aromatic heterocycles. The molecule has 11 heteroatoms. The Kier molecular flexibility index (Phi) is 5.28. The van der Waals surface area contributed by atoms with Crippen LogP contribution in [0.5, 0.6) is 0 Å². The lowest BCUT2D eigenvalue weighted by Gasteiger charge is -2.07. The van der Waals surface area contributed by atoms with Gasteiger partial charge in [-0.1, -0.05) is 6.07 Å². The normalized spacial score (nSPS) is 11.9. The molecular formula is C13H15N3O5S3. The smallest absolute Gasteiger partial charge is 0.251 e. The Bertz CT molecular complexity index is 964. The maximum absolute atomic E-state index is 12.1. The van der Waals surface area contributed by atoms with Crippen molar-refractivity contribution >= 4 is 43.0 Å². The quantitative estimate of drug-likeness (QED) is 0.668. The molecule has 0 aliphatic rings. The topological polar surface area (TPSA) is 135 Å². The molecule has 0 fully saturated rings. The van der Waals surface area contributed by atoms with Crippen LogP contribution in [0.2, 0.25) is 0 Å². The third kappa shape index (κ3) is 5.30. The Morgan fingerprint density at radius 2 is 1.88 bits per heavy atom. The molecule has 4 N–H and O–H groups in total. The molecule has 130 valence electrons. The number of primary sulfonamides is 1. The molecule has 0 saturated carbocycles. The van der Waals surface area contributed by atoms with Crippen LogP contribution in [0.3, 0.4) is 0 Å². The van der Waals surface area contributed by atoms with Gasteiger partial charge >= 0.3 is 0 Å². The van der Waals surface area contributed by atoms with Gasteiger partial charge in [-0.3, -0.25) is 9.52 Å². The van der Waals surface area contributed by atoms with E-state index >= 15 is 0 Å². The summed E-state index contributed by atoms with van der Waals surface area (Å²) >= 11 is 0.969. The first kappa shape index (κ1) is 18.4. The van der Waals surface area contributed by atoms with Crippen LogP contribution in [-0.2, 0) is 26.6 Å². The van der Waals surface area contributed by atoms with Crippen molar-refractivity contribution in [2.45, 2.75) is 10.8 Å². The van der Waals surface area contributed by atoms with Crippen LogP contribution >= 0.6 is 11.3 Å². The first-order valence-electron chi connectivity index (χ1n) is 6.52. The van der Waals surface area contributed by atoms with Gasteiger partial charge in [-0.25, -0.2) is 22.0 Å². The fraction of sp³-hybridized carbons (Fsp3) is 0.154. The monoisotopic (exact) mass is 389 g/mol. The lowest BCUT2D eigenvalue weighted by molar-refractivity contribution is 0.0951. The summed E-state index contributed by atoms with van der Waals surface area (Å²) in [6, 6.07) is 8.94. The highest BCUT2D eigenvalue weighted by Gasteiger charge is 2.12. The summed E-state index contributed by atoms with van der Waals surface area (Å²) in [5.74, 6) is -0.419. The summed E-state index contributed by atoms with van der Waals surface area (Å²) in [6.45, 7) is 0.128. The van der Waals surface area contributed by atoms with Crippen molar-refractivity contribution in [2.75, 3.05) is 11.0 Å². The van der Waals surface area contributed by atoms with Crippen molar-refractivity contribution in [2.24, 2.45) is 5.14 Å². The van der Waals surface area contributed by atoms with Gasteiger partial charge in [-0.05, 0) is 30.3 Å². The Morgan fingerprint density at radius 3 is 2.46 bits per heavy atom. The zero-order valence-electron chi connectivity index (χ0n) is 12.5. The highest BCUT2D eigenvalue weighted by molar-refractivity contribution is 7.92. The van der Waals surface area contributed by atoms with Gasteiger partial charge in [-0.2, -0.15) is 0 Å². The highest BCUT2D eigenvalue weighted by atomic mass is 32.2. The number of nitrogens with one attached hydrogen (secondary N) is 2. The van der Waals surface area contributed by atoms with E-state index in [1.165, 1.54) is 24.3 Å². The zero-order chi connectivity index (χ0) is 18.0. The first-order chi connectivity index (χ1) is 11.0. The molecule has 0 aliphatic heterocycles. The number of amides is 1. The van der Waals surface area contributed by atoms with Crippen LogP contribution < -0.4 is 15.2 Å². The zero-order valence-corrected chi connectivity index (χ0v) is 15.0. The SMILES string of the molecule is CS(=O)(=O)Nc1cccc(C(=O)NCc2ccc(S(N)(=O)=O)s2)c1. The third-order valence-electron chi connectivity index (χ3n) is 2.77. The number of hydrogen-bond donors (Lipinski definition) is 3. The van der Waals surface area contributed by atoms with E-state index in [-0.39, 0.29) is 22.0 Å². The number of thiophene rings is 1. The molecule has 0 bridgehead atoms. The molecule has 1 heterocycles. The number of benzene rings is 1. The second-order valence-corrected chi connectivity index (χ2v) is 9.61. The summed E-state index contributed by atoms with van der Waals surface area (Å²) in [4.78, 5) is 12.7. The van der Waals surface area contributed by atoms with Gasteiger partial charge < -0.3 is 5.32 Å². The molecule has 2 rings (SSSR count). The Balaban J connectivity index is 2.05. The third-order valence-corrected chi connectivity index (χ3v) is 5.90. The van der Waals surface area contributed by atoms with Crippen LogP contribution in [0.1, 0.15) is 15.2 Å². The van der Waals surface area contributed by atoms with Crippen molar-refractivity contribution in [1.29, 1.82) is 0 Å². The number of nitrogens with two attached hydrogens (primary N) is 1. The van der Waals surface area contributed by atoms with Crippen molar-refractivity contribution in [3.63, 3.8) is 0 Å². The fourth-order valence-electron chi connectivity index (χ4n) is 1.81. The van der Waals surface area contributed by atoms with Crippen molar-refractivity contribution < 1.29 is 21.6 Å². The second kappa shape index (κ2) is 6.89. The number of hydrogen-bond acceptors (Lipinski definition) is 6. The first-order valence-corrected chi connectivity index (χ1v) is 10.8. The molecule has 0 unspecified atom stereocenters. The van der Waals surface area contributed by atoms with E-state index in [1.807, 2.05) is 0 Å². The summed E-state index contributed by atoms with van der Waals surface area (Å²) in [6.07, 6.45) is 1.01. The van der Waals surface area contributed by atoms with E-state index in [0.717, 1.165) is 17.6 Å². The van der Waals surface area contributed by atoms with E-state index in [2.05, 4.69) is 10.0 Å². The average molecular weight is 389 g/mol. The molecule has 0 spiro atoms. The molecular weight excluding hydrogens is 374 g/mol. The van der Waals surface area contributed by atoms with Gasteiger partial charge in [0.2, 0.25) is 20.0 Å². The molecule has 0 saturated heterocycles. The second-order valence-electron chi connectivity index (χ2n) is 4.90. The van der Waals surface area contributed by atoms with Crippen LogP contribution in [0.25, 0.3) is 0 Å². The van der Waals surface area contributed by atoms with Gasteiger partial charge in [0.05, 0.1) is 12.8 Å². The molecule has 24 heavy (non-hydrogen) atoms. The van der Waals surface area contributed by atoms with E-state index in [4.69, 9.17) is 5.14 Å². The Morgan fingerprint density at radius 1 is 1.17 bits per heavy atom. The molecule has 2 aromatic rings. The predicted molar refractivity (Wildman–Crippen MR) is 91.8 cm³/mol. The number of carbonyl (C=O) groups is 1. The molecule has 8 nitrogen and oxygen atoms in total. The minimum atomic E-state index is -3.76. The minimum Gasteiger partial charge on any atom is -0.347 e. The van der Waals surface area contributed by atoms with Crippen molar-refractivity contribution in [3.8, 4) is 0 Å². The van der Waals surface area contributed by atoms with Gasteiger partial charge in [0, 0.05) is 16.1 Å². The number of rotatable bonds is 6. The van der Waals surface area contributed by atoms with Crippen molar-refractivity contribution in [3.05, 3.63) is 46.8 Å². The summed E-state index contributed by atoms with van der Waals surface area (Å²) in [7, 11) is -7.19. The predicted octanol–water partition coefficient (Wildman–Crippen LogP) is 0.697. The fourth-order valence-corrected chi connectivity index (χ4v) is 4.09. The maximum Gasteiger partial charge on any atom is 0.251 e. The standard InChI is InChI=1S/C13H15N3O5S3/c1-23(18,19)16-10-4-2-3-9(7-10)13(17)15-8-11-5-6-12(22-11)24(14,20)21/h2-7,16H,8H2,1H3,(H,15,17)(H2,14,20,21). The van der Waals surface area contributed by atoms with Gasteiger partial charge in [0.15, 0.2) is 0 Å². The van der Waals surface area contributed by atoms with E-state index in [9.17, 15) is 21.6 Å². The van der Waals surface area contributed by atoms with E-state index in [0.29, 0.717) is 4.88 Å². The molecule has 1 amide bonds. The van der Waals surface area contributed by atoms with E-state index < -0.39 is 26.0 Å². The largest absolute Gasteiger partial charge is 0.347 e. The van der Waals surface area contributed by atoms with Gasteiger partial charge in [0.25, 0.3) is 5.91 Å². The Hall–Kier alpha value is -1.95. The van der Waals surface area contributed by atoms with Crippen LogP contribution in [0, 0.1) is 0 Å². The highest BCUT2D eigenvalue weighted by Crippen LogP contribution is 2.20. The van der Waals surface area contributed by atoms with Gasteiger partial charge in [0.1, 0.15) is 4.21 Å². The number of anilines is 1. The summed E-state index contributed by atoms with van der Waals surface area (Å²) in [5, 5.41) is 7.65. The molecule has 0 radical (unpaired) electrons. The Labute approximate surface area is 143 Å². The molecule has 0 atom stereocenters.